The molecule has 1 aromatic heterocycles. The van der Waals surface area contributed by atoms with Crippen LogP contribution in [0.25, 0.3) is 11.3 Å². The fraction of sp³-hybridized carbons (Fsp3) is 0.167. The van der Waals surface area contributed by atoms with E-state index in [-0.39, 0.29) is 0 Å². The lowest BCUT2D eigenvalue weighted by Gasteiger charge is -2.07. The number of hydrogen-bond donors (Lipinski definition) is 1. The highest BCUT2D eigenvalue weighted by atomic mass is 32.2. The highest BCUT2D eigenvalue weighted by Gasteiger charge is 2.17. The molecule has 0 saturated heterocycles. The molecule has 0 amide bonds. The van der Waals surface area contributed by atoms with E-state index in [9.17, 15) is 0 Å². The van der Waals surface area contributed by atoms with Gasteiger partial charge in [-0.25, -0.2) is 9.97 Å². The predicted octanol–water partition coefficient (Wildman–Crippen LogP) is 2.37. The van der Waals surface area contributed by atoms with Crippen molar-refractivity contribution in [2.24, 2.45) is 0 Å². The van der Waals surface area contributed by atoms with E-state index in [1.165, 1.54) is 10.5 Å². The van der Waals surface area contributed by atoms with Crippen molar-refractivity contribution < 1.29 is 0 Å². The van der Waals surface area contributed by atoms with Crippen molar-refractivity contribution in [3.63, 3.8) is 0 Å². The Morgan fingerprint density at radius 3 is 3.00 bits per heavy atom. The average molecular weight is 229 g/mol. The van der Waals surface area contributed by atoms with E-state index < -0.39 is 0 Å². The molecule has 0 fully saturated rings. The molecular weight excluding hydrogens is 218 g/mol. The van der Waals surface area contributed by atoms with Gasteiger partial charge < -0.3 is 5.73 Å². The number of hydrogen-bond acceptors (Lipinski definition) is 4. The molecule has 1 aromatic carbocycles. The third-order valence-corrected chi connectivity index (χ3v) is 3.81. The van der Waals surface area contributed by atoms with Gasteiger partial charge in [-0.15, -0.1) is 11.8 Å². The van der Waals surface area contributed by atoms with Crippen molar-refractivity contribution >= 4 is 17.6 Å². The SMILES string of the molecule is Nc1ncnc2c1CCSc1ccccc1-2. The van der Waals surface area contributed by atoms with E-state index in [4.69, 9.17) is 5.73 Å². The number of nitrogen functional groups attached to an aromatic ring is 1. The second-order valence-electron chi connectivity index (χ2n) is 3.68. The van der Waals surface area contributed by atoms with E-state index in [0.717, 1.165) is 23.4 Å². The van der Waals surface area contributed by atoms with Crippen LogP contribution < -0.4 is 5.73 Å². The Labute approximate surface area is 98.1 Å². The van der Waals surface area contributed by atoms with Crippen LogP contribution in [0.1, 0.15) is 5.56 Å². The fourth-order valence-corrected chi connectivity index (χ4v) is 2.98. The van der Waals surface area contributed by atoms with Crippen LogP contribution in [-0.4, -0.2) is 15.7 Å². The maximum Gasteiger partial charge on any atom is 0.130 e. The number of fused-ring (bicyclic) bond motifs is 3. The van der Waals surface area contributed by atoms with E-state index >= 15 is 0 Å². The number of aromatic nitrogens is 2. The zero-order chi connectivity index (χ0) is 11.0. The second kappa shape index (κ2) is 3.79. The average Bonchev–Trinajstić information content (AvgIpc) is 2.50. The molecular formula is C12H11N3S. The molecule has 0 aliphatic carbocycles. The number of benzene rings is 1. The summed E-state index contributed by atoms with van der Waals surface area (Å²) < 4.78 is 0. The smallest absolute Gasteiger partial charge is 0.130 e. The molecule has 2 aromatic rings. The van der Waals surface area contributed by atoms with E-state index in [2.05, 4.69) is 28.2 Å². The van der Waals surface area contributed by atoms with Gasteiger partial charge in [0.15, 0.2) is 0 Å². The van der Waals surface area contributed by atoms with Gasteiger partial charge in [0, 0.05) is 21.8 Å². The van der Waals surface area contributed by atoms with Crippen LogP contribution >= 0.6 is 11.8 Å². The highest BCUT2D eigenvalue weighted by Crippen LogP contribution is 2.37. The van der Waals surface area contributed by atoms with Crippen LogP contribution in [0.5, 0.6) is 0 Å². The van der Waals surface area contributed by atoms with Gasteiger partial charge in [0.2, 0.25) is 0 Å². The van der Waals surface area contributed by atoms with Crippen molar-refractivity contribution in [1.82, 2.24) is 9.97 Å². The minimum Gasteiger partial charge on any atom is -0.383 e. The van der Waals surface area contributed by atoms with Crippen molar-refractivity contribution in [3.05, 3.63) is 36.2 Å². The zero-order valence-corrected chi connectivity index (χ0v) is 9.50. The first kappa shape index (κ1) is 9.66. The molecule has 0 spiro atoms. The molecule has 0 unspecified atom stereocenters. The standard InChI is InChI=1S/C12H11N3S/c13-12-9-5-6-16-10-4-2-1-3-8(10)11(9)14-7-15-12/h1-4,7H,5-6H2,(H2,13,14,15). The topological polar surface area (TPSA) is 51.8 Å². The lowest BCUT2D eigenvalue weighted by atomic mass is 10.0. The molecule has 16 heavy (non-hydrogen) atoms. The molecule has 3 rings (SSSR count). The van der Waals surface area contributed by atoms with Gasteiger partial charge in [0.05, 0.1) is 5.69 Å². The Morgan fingerprint density at radius 2 is 2.06 bits per heavy atom. The van der Waals surface area contributed by atoms with Gasteiger partial charge in [-0.1, -0.05) is 18.2 Å². The first-order chi connectivity index (χ1) is 7.86. The molecule has 1 aliphatic heterocycles. The van der Waals surface area contributed by atoms with Crippen LogP contribution in [0, 0.1) is 0 Å². The van der Waals surface area contributed by atoms with Crippen LogP contribution in [-0.2, 0) is 6.42 Å². The van der Waals surface area contributed by atoms with Crippen LogP contribution in [0.4, 0.5) is 5.82 Å². The largest absolute Gasteiger partial charge is 0.383 e. The number of nitrogens with two attached hydrogens (primary N) is 1. The summed E-state index contributed by atoms with van der Waals surface area (Å²) in [5.74, 6) is 1.64. The van der Waals surface area contributed by atoms with E-state index in [0.29, 0.717) is 5.82 Å². The Kier molecular flexibility index (Phi) is 2.29. The molecule has 0 atom stereocenters. The number of anilines is 1. The number of nitrogens with zero attached hydrogens (tertiary/aromatic N) is 2. The van der Waals surface area contributed by atoms with Crippen LogP contribution in [0.15, 0.2) is 35.5 Å². The van der Waals surface area contributed by atoms with Crippen molar-refractivity contribution in [3.8, 4) is 11.3 Å². The minimum atomic E-state index is 0.613. The minimum absolute atomic E-state index is 0.613. The third-order valence-electron chi connectivity index (χ3n) is 2.73. The van der Waals surface area contributed by atoms with Crippen LogP contribution in [0.3, 0.4) is 0 Å². The predicted molar refractivity (Wildman–Crippen MR) is 66.3 cm³/mol. The number of rotatable bonds is 0. The maximum atomic E-state index is 5.91. The van der Waals surface area contributed by atoms with Crippen LogP contribution in [0.2, 0.25) is 0 Å². The monoisotopic (exact) mass is 229 g/mol. The van der Waals surface area contributed by atoms with Gasteiger partial charge in [-0.3, -0.25) is 0 Å². The normalized spacial score (nSPS) is 13.8. The summed E-state index contributed by atoms with van der Waals surface area (Å²) in [6.45, 7) is 0. The summed E-state index contributed by atoms with van der Waals surface area (Å²) in [6, 6.07) is 8.32. The van der Waals surface area contributed by atoms with E-state index in [1.54, 1.807) is 6.33 Å². The summed E-state index contributed by atoms with van der Waals surface area (Å²) in [7, 11) is 0. The van der Waals surface area contributed by atoms with Crippen molar-refractivity contribution in [2.75, 3.05) is 11.5 Å². The first-order valence-corrected chi connectivity index (χ1v) is 6.16. The quantitative estimate of drug-likeness (QED) is 0.753. The molecule has 1 aliphatic rings. The molecule has 0 saturated carbocycles. The van der Waals surface area contributed by atoms with Gasteiger partial charge in [-0.05, 0) is 12.5 Å². The van der Waals surface area contributed by atoms with Crippen molar-refractivity contribution in [1.29, 1.82) is 0 Å². The zero-order valence-electron chi connectivity index (χ0n) is 8.68. The molecule has 2 N–H and O–H groups in total. The Hall–Kier alpha value is -1.55. The van der Waals surface area contributed by atoms with Gasteiger partial charge >= 0.3 is 0 Å². The summed E-state index contributed by atoms with van der Waals surface area (Å²) in [4.78, 5) is 9.72. The molecule has 0 bridgehead atoms. The lowest BCUT2D eigenvalue weighted by molar-refractivity contribution is 1.07. The molecule has 2 heterocycles. The summed E-state index contributed by atoms with van der Waals surface area (Å²) >= 11 is 1.85. The second-order valence-corrected chi connectivity index (χ2v) is 4.82. The Balaban J connectivity index is 2.30. The molecule has 4 heteroatoms. The summed E-state index contributed by atoms with van der Waals surface area (Å²) in [5, 5.41) is 0. The van der Waals surface area contributed by atoms with Gasteiger partial charge in [0.25, 0.3) is 0 Å². The summed E-state index contributed by atoms with van der Waals surface area (Å²) in [6.07, 6.45) is 2.47. The Morgan fingerprint density at radius 1 is 1.19 bits per heavy atom. The van der Waals surface area contributed by atoms with E-state index in [1.807, 2.05) is 17.8 Å². The Bertz CT molecular complexity index is 540. The summed E-state index contributed by atoms with van der Waals surface area (Å²) in [5.41, 5.74) is 9.16. The van der Waals surface area contributed by atoms with Crippen molar-refractivity contribution in [2.45, 2.75) is 11.3 Å². The molecule has 80 valence electrons. The first-order valence-electron chi connectivity index (χ1n) is 5.18. The fourth-order valence-electron chi connectivity index (χ4n) is 1.96. The third kappa shape index (κ3) is 1.46. The van der Waals surface area contributed by atoms with Gasteiger partial charge in [0.1, 0.15) is 12.1 Å². The number of thioether (sulfide) groups is 1. The highest BCUT2D eigenvalue weighted by molar-refractivity contribution is 7.99. The maximum absolute atomic E-state index is 5.91. The molecule has 0 radical (unpaired) electrons. The molecule has 3 nitrogen and oxygen atoms in total. The van der Waals surface area contributed by atoms with Gasteiger partial charge in [-0.2, -0.15) is 0 Å². The lowest BCUT2D eigenvalue weighted by Crippen LogP contribution is -2.02.